The van der Waals surface area contributed by atoms with Gasteiger partial charge in [-0.3, -0.25) is 4.79 Å². The predicted molar refractivity (Wildman–Crippen MR) is 121 cm³/mol. The number of nitrogens with one attached hydrogen (secondary N) is 1. The molecule has 0 unspecified atom stereocenters. The lowest BCUT2D eigenvalue weighted by Crippen LogP contribution is -2.25. The summed E-state index contributed by atoms with van der Waals surface area (Å²) < 4.78 is 10.8. The number of carbonyl (C=O) groups is 1. The minimum atomic E-state index is -0.306. The zero-order chi connectivity index (χ0) is 21.7. The highest BCUT2D eigenvalue weighted by atomic mass is 16.5. The summed E-state index contributed by atoms with van der Waals surface area (Å²) in [6.45, 7) is 8.23. The van der Waals surface area contributed by atoms with Crippen LogP contribution in [0.5, 0.6) is 11.5 Å². The van der Waals surface area contributed by atoms with Gasteiger partial charge in [-0.2, -0.15) is 5.10 Å². The molecule has 0 aliphatic heterocycles. The quantitative estimate of drug-likeness (QED) is 0.461. The first-order chi connectivity index (χ1) is 14.3. The predicted octanol–water partition coefficient (Wildman–Crippen LogP) is 5.07. The summed E-state index contributed by atoms with van der Waals surface area (Å²) in [5.74, 6) is 1.17. The first kappa shape index (κ1) is 21.4. The second kappa shape index (κ2) is 8.99. The molecular weight excluding hydrogens is 376 g/mol. The summed E-state index contributed by atoms with van der Waals surface area (Å²) in [4.78, 5) is 12.1. The molecule has 30 heavy (non-hydrogen) atoms. The molecule has 0 heterocycles. The van der Waals surface area contributed by atoms with E-state index in [2.05, 4.69) is 31.3 Å². The monoisotopic (exact) mass is 404 g/mol. The Morgan fingerprint density at radius 3 is 2.23 bits per heavy atom. The molecule has 3 aromatic rings. The second-order valence-electron chi connectivity index (χ2n) is 8.22. The van der Waals surface area contributed by atoms with Crippen LogP contribution in [-0.4, -0.2) is 25.3 Å². The summed E-state index contributed by atoms with van der Waals surface area (Å²) in [6.07, 6.45) is 0. The number of hydrogen-bond acceptors (Lipinski definition) is 4. The largest absolute Gasteiger partial charge is 0.497 e. The van der Waals surface area contributed by atoms with E-state index in [-0.39, 0.29) is 17.9 Å². The number of amides is 1. The lowest BCUT2D eigenvalue weighted by Gasteiger charge is -2.19. The molecule has 3 rings (SSSR count). The first-order valence-electron chi connectivity index (χ1n) is 9.91. The van der Waals surface area contributed by atoms with Gasteiger partial charge in [0.15, 0.2) is 6.61 Å². The third-order valence-electron chi connectivity index (χ3n) is 4.90. The zero-order valence-corrected chi connectivity index (χ0v) is 18.2. The van der Waals surface area contributed by atoms with E-state index in [0.29, 0.717) is 5.75 Å². The third-order valence-corrected chi connectivity index (χ3v) is 4.90. The maximum atomic E-state index is 12.1. The normalized spacial score (nSPS) is 12.0. The SMILES string of the molecule is COc1ccc2cc(/C(C)=N/NC(=O)COc3ccc(C(C)(C)C)cc3)ccc2c1. The van der Waals surface area contributed by atoms with E-state index in [4.69, 9.17) is 9.47 Å². The van der Waals surface area contributed by atoms with Gasteiger partial charge < -0.3 is 9.47 Å². The number of benzene rings is 3. The number of nitrogens with zero attached hydrogens (tertiary/aromatic N) is 1. The van der Waals surface area contributed by atoms with Gasteiger partial charge in [0, 0.05) is 0 Å². The molecule has 0 aliphatic rings. The molecule has 5 nitrogen and oxygen atoms in total. The highest BCUT2D eigenvalue weighted by Gasteiger charge is 2.13. The topological polar surface area (TPSA) is 59.9 Å². The molecule has 0 bridgehead atoms. The van der Waals surface area contributed by atoms with Gasteiger partial charge in [-0.05, 0) is 64.6 Å². The number of rotatable bonds is 6. The molecule has 1 N–H and O–H groups in total. The molecule has 0 aromatic heterocycles. The van der Waals surface area contributed by atoms with Gasteiger partial charge in [0.2, 0.25) is 0 Å². The summed E-state index contributed by atoms with van der Waals surface area (Å²) in [6, 6.07) is 19.7. The van der Waals surface area contributed by atoms with Crippen molar-refractivity contribution in [3.63, 3.8) is 0 Å². The van der Waals surface area contributed by atoms with Gasteiger partial charge in [-0.25, -0.2) is 5.43 Å². The van der Waals surface area contributed by atoms with Gasteiger partial charge in [-0.15, -0.1) is 0 Å². The molecule has 3 aromatic carbocycles. The van der Waals surface area contributed by atoms with Gasteiger partial charge >= 0.3 is 0 Å². The molecule has 156 valence electrons. The molecule has 0 spiro atoms. The van der Waals surface area contributed by atoms with Crippen LogP contribution in [0.2, 0.25) is 0 Å². The average Bonchev–Trinajstić information content (AvgIpc) is 2.74. The summed E-state index contributed by atoms with van der Waals surface area (Å²) >= 11 is 0. The van der Waals surface area contributed by atoms with Crippen molar-refractivity contribution in [1.82, 2.24) is 5.43 Å². The van der Waals surface area contributed by atoms with Gasteiger partial charge in [0.1, 0.15) is 11.5 Å². The van der Waals surface area contributed by atoms with E-state index < -0.39 is 0 Å². The second-order valence-corrected chi connectivity index (χ2v) is 8.22. The summed E-state index contributed by atoms with van der Waals surface area (Å²) in [5.41, 5.74) is 5.51. The Morgan fingerprint density at radius 1 is 0.933 bits per heavy atom. The van der Waals surface area contributed by atoms with Crippen molar-refractivity contribution < 1.29 is 14.3 Å². The lowest BCUT2D eigenvalue weighted by atomic mass is 9.87. The lowest BCUT2D eigenvalue weighted by molar-refractivity contribution is -0.123. The maximum Gasteiger partial charge on any atom is 0.277 e. The number of ether oxygens (including phenoxy) is 2. The number of hydrazone groups is 1. The molecule has 0 atom stereocenters. The van der Waals surface area contributed by atoms with Crippen molar-refractivity contribution in [3.05, 3.63) is 71.8 Å². The number of fused-ring (bicyclic) bond motifs is 1. The van der Waals surface area contributed by atoms with Crippen molar-refractivity contribution in [2.24, 2.45) is 5.10 Å². The Kier molecular flexibility index (Phi) is 6.40. The maximum absolute atomic E-state index is 12.1. The Bertz CT molecular complexity index is 1060. The van der Waals surface area contributed by atoms with Crippen molar-refractivity contribution in [1.29, 1.82) is 0 Å². The van der Waals surface area contributed by atoms with Crippen LogP contribution < -0.4 is 14.9 Å². The van der Waals surface area contributed by atoms with E-state index >= 15 is 0 Å². The Hall–Kier alpha value is -3.34. The van der Waals surface area contributed by atoms with Crippen LogP contribution in [0, 0.1) is 0 Å². The Balaban J connectivity index is 1.58. The van der Waals surface area contributed by atoms with E-state index in [0.717, 1.165) is 27.8 Å². The average molecular weight is 405 g/mol. The van der Waals surface area contributed by atoms with Crippen LogP contribution in [0.25, 0.3) is 10.8 Å². The van der Waals surface area contributed by atoms with Crippen molar-refractivity contribution in [2.75, 3.05) is 13.7 Å². The molecule has 0 aliphatic carbocycles. The van der Waals surface area contributed by atoms with Crippen LogP contribution >= 0.6 is 0 Å². The third kappa shape index (κ3) is 5.38. The standard InChI is InChI=1S/C25H28N2O3/c1-17(18-6-7-20-15-23(29-5)11-8-19(20)14-18)26-27-24(28)16-30-22-12-9-21(10-13-22)25(2,3)4/h6-15H,16H2,1-5H3,(H,27,28)/b26-17+. The van der Waals surface area contributed by atoms with Gasteiger partial charge in [0.25, 0.3) is 5.91 Å². The Morgan fingerprint density at radius 2 is 1.57 bits per heavy atom. The molecule has 5 heteroatoms. The summed E-state index contributed by atoms with van der Waals surface area (Å²) in [7, 11) is 1.65. The van der Waals surface area contributed by atoms with Crippen LogP contribution in [0.1, 0.15) is 38.8 Å². The van der Waals surface area contributed by atoms with E-state index in [1.54, 1.807) is 7.11 Å². The van der Waals surface area contributed by atoms with Crippen LogP contribution in [0.3, 0.4) is 0 Å². The van der Waals surface area contributed by atoms with E-state index in [9.17, 15) is 4.79 Å². The van der Waals surface area contributed by atoms with Crippen LogP contribution in [-0.2, 0) is 10.2 Å². The molecule has 1 amide bonds. The van der Waals surface area contributed by atoms with E-state index in [1.165, 1.54) is 5.56 Å². The highest BCUT2D eigenvalue weighted by Crippen LogP contribution is 2.24. The van der Waals surface area contributed by atoms with Crippen LogP contribution in [0.15, 0.2) is 65.8 Å². The Labute approximate surface area is 177 Å². The fourth-order valence-corrected chi connectivity index (χ4v) is 3.02. The molecule has 0 saturated heterocycles. The minimum Gasteiger partial charge on any atom is -0.497 e. The molecule has 0 saturated carbocycles. The molecule has 0 fully saturated rings. The van der Waals surface area contributed by atoms with Crippen molar-refractivity contribution in [2.45, 2.75) is 33.1 Å². The number of carbonyl (C=O) groups excluding carboxylic acids is 1. The molecule has 0 radical (unpaired) electrons. The summed E-state index contributed by atoms with van der Waals surface area (Å²) in [5, 5.41) is 6.37. The molecular formula is C25H28N2O3. The van der Waals surface area contributed by atoms with Crippen LogP contribution in [0.4, 0.5) is 0 Å². The van der Waals surface area contributed by atoms with E-state index in [1.807, 2.05) is 67.6 Å². The smallest absolute Gasteiger partial charge is 0.277 e. The number of methoxy groups -OCH3 is 1. The van der Waals surface area contributed by atoms with Crippen molar-refractivity contribution >= 4 is 22.4 Å². The minimum absolute atomic E-state index is 0.0803. The number of hydrogen-bond donors (Lipinski definition) is 1. The van der Waals surface area contributed by atoms with Gasteiger partial charge in [0.05, 0.1) is 12.8 Å². The fourth-order valence-electron chi connectivity index (χ4n) is 3.02. The first-order valence-corrected chi connectivity index (χ1v) is 9.91. The highest BCUT2D eigenvalue weighted by molar-refractivity contribution is 6.02. The zero-order valence-electron chi connectivity index (χ0n) is 18.2. The van der Waals surface area contributed by atoms with Gasteiger partial charge in [-0.1, -0.05) is 51.1 Å². The van der Waals surface area contributed by atoms with Crippen molar-refractivity contribution in [3.8, 4) is 11.5 Å². The fraction of sp³-hybridized carbons (Fsp3) is 0.280.